The van der Waals surface area contributed by atoms with Gasteiger partial charge in [-0.15, -0.1) is 0 Å². The zero-order valence-electron chi connectivity index (χ0n) is 10.8. The summed E-state index contributed by atoms with van der Waals surface area (Å²) in [6.45, 7) is 5.00. The Morgan fingerprint density at radius 2 is 2.11 bits per heavy atom. The minimum atomic E-state index is -0.979. The number of benzene rings is 1. The summed E-state index contributed by atoms with van der Waals surface area (Å²) in [4.78, 5) is 0. The van der Waals surface area contributed by atoms with E-state index in [-0.39, 0.29) is 0 Å². The van der Waals surface area contributed by atoms with Crippen molar-refractivity contribution in [3.05, 3.63) is 59.5 Å². The van der Waals surface area contributed by atoms with Crippen LogP contribution in [0.25, 0.3) is 0 Å². The molecular formula is C15H19NO2. The highest BCUT2D eigenvalue weighted by molar-refractivity contribution is 5.22. The van der Waals surface area contributed by atoms with Crippen molar-refractivity contribution in [2.45, 2.75) is 26.0 Å². The van der Waals surface area contributed by atoms with Crippen molar-refractivity contribution < 1.29 is 9.52 Å². The van der Waals surface area contributed by atoms with Crippen molar-refractivity contribution in [2.75, 3.05) is 6.54 Å². The second-order valence-corrected chi connectivity index (χ2v) is 4.84. The second kappa shape index (κ2) is 5.38. The van der Waals surface area contributed by atoms with Crippen LogP contribution in [0.2, 0.25) is 0 Å². The fourth-order valence-corrected chi connectivity index (χ4v) is 1.94. The lowest BCUT2D eigenvalue weighted by Crippen LogP contribution is -2.34. The molecule has 3 nitrogen and oxygen atoms in total. The molecule has 0 aliphatic heterocycles. The van der Waals surface area contributed by atoms with Crippen molar-refractivity contribution in [3.8, 4) is 0 Å². The van der Waals surface area contributed by atoms with E-state index in [1.165, 1.54) is 11.1 Å². The number of hydrogen-bond donors (Lipinski definition) is 2. The zero-order valence-corrected chi connectivity index (χ0v) is 10.8. The predicted octanol–water partition coefficient (Wildman–Crippen LogP) is 2.59. The molecule has 0 fully saturated rings. The Balaban J connectivity index is 1.89. The molecule has 1 aromatic heterocycles. The summed E-state index contributed by atoms with van der Waals surface area (Å²) in [7, 11) is 0. The monoisotopic (exact) mass is 245 g/mol. The Hall–Kier alpha value is -1.58. The van der Waals surface area contributed by atoms with Crippen LogP contribution < -0.4 is 5.32 Å². The molecule has 0 spiro atoms. The third-order valence-electron chi connectivity index (χ3n) is 2.93. The van der Waals surface area contributed by atoms with E-state index in [9.17, 15) is 5.11 Å². The Labute approximate surface area is 107 Å². The van der Waals surface area contributed by atoms with Gasteiger partial charge >= 0.3 is 0 Å². The van der Waals surface area contributed by atoms with Crippen LogP contribution in [-0.2, 0) is 12.1 Å². The van der Waals surface area contributed by atoms with Gasteiger partial charge in [0, 0.05) is 13.1 Å². The third kappa shape index (κ3) is 3.22. The van der Waals surface area contributed by atoms with Gasteiger partial charge in [-0.3, -0.25) is 0 Å². The van der Waals surface area contributed by atoms with E-state index in [4.69, 9.17) is 4.42 Å². The van der Waals surface area contributed by atoms with Crippen LogP contribution in [-0.4, -0.2) is 11.7 Å². The second-order valence-electron chi connectivity index (χ2n) is 4.84. The van der Waals surface area contributed by atoms with E-state index in [0.717, 1.165) is 6.54 Å². The average molecular weight is 245 g/mol. The summed E-state index contributed by atoms with van der Waals surface area (Å²) >= 11 is 0. The summed E-state index contributed by atoms with van der Waals surface area (Å²) in [5.41, 5.74) is 1.48. The first-order chi connectivity index (χ1) is 8.58. The molecule has 96 valence electrons. The van der Waals surface area contributed by atoms with Crippen LogP contribution in [0.1, 0.15) is 23.8 Å². The molecule has 2 N–H and O–H groups in total. The first-order valence-electron chi connectivity index (χ1n) is 6.10. The molecule has 0 amide bonds. The van der Waals surface area contributed by atoms with Gasteiger partial charge in [-0.2, -0.15) is 0 Å². The third-order valence-corrected chi connectivity index (χ3v) is 2.93. The number of aliphatic hydroxyl groups is 1. The standard InChI is InChI=1S/C15H19NO2/c1-12-5-3-6-13(9-12)10-16-11-15(2,17)14-7-4-8-18-14/h3-9,16-17H,10-11H2,1-2H3. The van der Waals surface area contributed by atoms with Gasteiger partial charge in [0.2, 0.25) is 0 Å². The molecule has 3 heteroatoms. The van der Waals surface area contributed by atoms with Gasteiger partial charge in [0.05, 0.1) is 6.26 Å². The summed E-state index contributed by atoms with van der Waals surface area (Å²) in [5.74, 6) is 0.583. The lowest BCUT2D eigenvalue weighted by atomic mass is 10.0. The van der Waals surface area contributed by atoms with Crippen LogP contribution in [0.3, 0.4) is 0 Å². The van der Waals surface area contributed by atoms with Crippen molar-refractivity contribution in [3.63, 3.8) is 0 Å². The topological polar surface area (TPSA) is 45.4 Å². The smallest absolute Gasteiger partial charge is 0.136 e. The fraction of sp³-hybridized carbons (Fsp3) is 0.333. The van der Waals surface area contributed by atoms with E-state index in [2.05, 4.69) is 30.4 Å². The van der Waals surface area contributed by atoms with Crippen LogP contribution in [0, 0.1) is 6.92 Å². The Kier molecular flexibility index (Phi) is 3.84. The molecule has 1 unspecified atom stereocenters. The van der Waals surface area contributed by atoms with Crippen LogP contribution in [0.4, 0.5) is 0 Å². The largest absolute Gasteiger partial charge is 0.466 e. The molecular weight excluding hydrogens is 226 g/mol. The average Bonchev–Trinajstić information content (AvgIpc) is 2.83. The van der Waals surface area contributed by atoms with E-state index in [1.807, 2.05) is 6.07 Å². The Morgan fingerprint density at radius 3 is 2.78 bits per heavy atom. The molecule has 0 aliphatic carbocycles. The van der Waals surface area contributed by atoms with Crippen molar-refractivity contribution >= 4 is 0 Å². The van der Waals surface area contributed by atoms with Gasteiger partial charge in [-0.25, -0.2) is 0 Å². The number of nitrogens with one attached hydrogen (secondary N) is 1. The van der Waals surface area contributed by atoms with Crippen LogP contribution in [0.15, 0.2) is 47.1 Å². The number of rotatable bonds is 5. The quantitative estimate of drug-likeness (QED) is 0.851. The maximum Gasteiger partial charge on any atom is 0.136 e. The minimum absolute atomic E-state index is 0.453. The lowest BCUT2D eigenvalue weighted by molar-refractivity contribution is 0.0340. The molecule has 18 heavy (non-hydrogen) atoms. The van der Waals surface area contributed by atoms with Gasteiger partial charge in [0.25, 0.3) is 0 Å². The predicted molar refractivity (Wildman–Crippen MR) is 71.2 cm³/mol. The highest BCUT2D eigenvalue weighted by Gasteiger charge is 2.25. The molecule has 0 saturated heterocycles. The first kappa shape index (κ1) is 12.9. The highest BCUT2D eigenvalue weighted by atomic mass is 16.4. The summed E-state index contributed by atoms with van der Waals surface area (Å²) in [6.07, 6.45) is 1.57. The van der Waals surface area contributed by atoms with E-state index >= 15 is 0 Å². The van der Waals surface area contributed by atoms with Crippen molar-refractivity contribution in [1.29, 1.82) is 0 Å². The normalized spacial score (nSPS) is 14.4. The molecule has 2 rings (SSSR count). The summed E-state index contributed by atoms with van der Waals surface area (Å²) in [6, 6.07) is 11.9. The summed E-state index contributed by atoms with van der Waals surface area (Å²) in [5, 5.41) is 13.5. The van der Waals surface area contributed by atoms with E-state index in [1.54, 1.807) is 25.3 Å². The van der Waals surface area contributed by atoms with Gasteiger partial charge in [-0.1, -0.05) is 29.8 Å². The molecule has 2 aromatic rings. The molecule has 1 heterocycles. The molecule has 0 bridgehead atoms. The first-order valence-corrected chi connectivity index (χ1v) is 6.10. The zero-order chi connectivity index (χ0) is 13.0. The Bertz CT molecular complexity index is 489. The minimum Gasteiger partial charge on any atom is -0.466 e. The summed E-state index contributed by atoms with van der Waals surface area (Å²) < 4.78 is 5.23. The van der Waals surface area contributed by atoms with Gasteiger partial charge < -0.3 is 14.8 Å². The molecule has 0 saturated carbocycles. The lowest BCUT2D eigenvalue weighted by Gasteiger charge is -2.21. The number of aryl methyl sites for hydroxylation is 1. The molecule has 1 atom stereocenters. The fourth-order valence-electron chi connectivity index (χ4n) is 1.94. The Morgan fingerprint density at radius 1 is 1.28 bits per heavy atom. The molecule has 1 aromatic carbocycles. The van der Waals surface area contributed by atoms with Crippen molar-refractivity contribution in [1.82, 2.24) is 5.32 Å². The van der Waals surface area contributed by atoms with Crippen molar-refractivity contribution in [2.24, 2.45) is 0 Å². The molecule has 0 radical (unpaired) electrons. The maximum atomic E-state index is 10.3. The van der Waals surface area contributed by atoms with Gasteiger partial charge in [0.1, 0.15) is 11.4 Å². The number of furan rings is 1. The molecule has 0 aliphatic rings. The SMILES string of the molecule is Cc1cccc(CNCC(C)(O)c2ccco2)c1. The van der Waals surface area contributed by atoms with Crippen LogP contribution in [0.5, 0.6) is 0 Å². The van der Waals surface area contributed by atoms with Crippen LogP contribution >= 0.6 is 0 Å². The maximum absolute atomic E-state index is 10.3. The van der Waals surface area contributed by atoms with E-state index < -0.39 is 5.60 Å². The number of hydrogen-bond acceptors (Lipinski definition) is 3. The van der Waals surface area contributed by atoms with E-state index in [0.29, 0.717) is 12.3 Å². The van der Waals surface area contributed by atoms with Gasteiger partial charge in [-0.05, 0) is 31.5 Å². The van der Waals surface area contributed by atoms with Gasteiger partial charge in [0.15, 0.2) is 0 Å². The highest BCUT2D eigenvalue weighted by Crippen LogP contribution is 2.19.